The van der Waals surface area contributed by atoms with E-state index in [-0.39, 0.29) is 6.10 Å². The second-order valence-electron chi connectivity index (χ2n) is 5.93. The summed E-state index contributed by atoms with van der Waals surface area (Å²) in [5.74, 6) is 0.673. The van der Waals surface area contributed by atoms with Gasteiger partial charge in [-0.05, 0) is 31.2 Å². The fourth-order valence-electron chi connectivity index (χ4n) is 2.98. The summed E-state index contributed by atoms with van der Waals surface area (Å²) in [6.07, 6.45) is 5.62. The molecule has 1 aromatic carbocycles. The van der Waals surface area contributed by atoms with Crippen LogP contribution in [0.2, 0.25) is 0 Å². The summed E-state index contributed by atoms with van der Waals surface area (Å²) in [6.45, 7) is 2.25. The molecule has 0 spiro atoms. The zero-order valence-electron chi connectivity index (χ0n) is 12.0. The largest absolute Gasteiger partial charge is 0.375 e. The summed E-state index contributed by atoms with van der Waals surface area (Å²) >= 11 is 0. The van der Waals surface area contributed by atoms with E-state index < -0.39 is 0 Å². The zero-order chi connectivity index (χ0) is 13.8. The Labute approximate surface area is 120 Å². The van der Waals surface area contributed by atoms with E-state index in [9.17, 15) is 4.79 Å². The molecule has 1 aliphatic carbocycles. The van der Waals surface area contributed by atoms with Crippen LogP contribution in [0, 0.1) is 5.92 Å². The lowest BCUT2D eigenvalue weighted by Gasteiger charge is -2.37. The van der Waals surface area contributed by atoms with Gasteiger partial charge in [0.25, 0.3) is 0 Å². The van der Waals surface area contributed by atoms with E-state index >= 15 is 0 Å². The minimum atomic E-state index is 0.202. The fraction of sp³-hybridized carbons (Fsp3) is 0.588. The number of aryl methyl sites for hydroxylation is 1. The molecule has 1 amide bonds. The molecule has 0 bridgehead atoms. The first kappa shape index (κ1) is 13.6. The number of hydrogen-bond donors (Lipinski definition) is 0. The van der Waals surface area contributed by atoms with Gasteiger partial charge in [0.15, 0.2) is 0 Å². The maximum atomic E-state index is 12.3. The van der Waals surface area contributed by atoms with Crippen molar-refractivity contribution in [1.29, 1.82) is 0 Å². The van der Waals surface area contributed by atoms with Crippen LogP contribution < -0.4 is 0 Å². The highest BCUT2D eigenvalue weighted by molar-refractivity contribution is 5.79. The monoisotopic (exact) mass is 273 g/mol. The van der Waals surface area contributed by atoms with E-state index in [1.165, 1.54) is 12.0 Å². The van der Waals surface area contributed by atoms with Crippen molar-refractivity contribution >= 4 is 5.91 Å². The van der Waals surface area contributed by atoms with Gasteiger partial charge in [0.1, 0.15) is 0 Å². The summed E-state index contributed by atoms with van der Waals surface area (Å²) in [7, 11) is 0. The lowest BCUT2D eigenvalue weighted by molar-refractivity contribution is -0.145. The van der Waals surface area contributed by atoms with Crippen molar-refractivity contribution in [2.75, 3.05) is 19.7 Å². The lowest BCUT2D eigenvalue weighted by Crippen LogP contribution is -2.48. The Morgan fingerprint density at radius 2 is 2.05 bits per heavy atom. The van der Waals surface area contributed by atoms with Crippen LogP contribution in [0.3, 0.4) is 0 Å². The molecular weight excluding hydrogens is 250 g/mol. The fourth-order valence-corrected chi connectivity index (χ4v) is 2.98. The summed E-state index contributed by atoms with van der Waals surface area (Å²) in [6, 6.07) is 10.5. The third-order valence-corrected chi connectivity index (χ3v) is 4.50. The standard InChI is InChI=1S/C17H23NO2/c19-17(15-7-4-8-15)18-11-12-20-16(13-18)10-9-14-5-2-1-3-6-14/h1-3,5-6,15-16H,4,7-13H2. The highest BCUT2D eigenvalue weighted by atomic mass is 16.5. The molecule has 0 N–H and O–H groups in total. The van der Waals surface area contributed by atoms with E-state index in [0.29, 0.717) is 18.4 Å². The number of benzene rings is 1. The van der Waals surface area contributed by atoms with Gasteiger partial charge in [-0.1, -0.05) is 36.8 Å². The van der Waals surface area contributed by atoms with Crippen LogP contribution in [0.15, 0.2) is 30.3 Å². The number of amides is 1. The van der Waals surface area contributed by atoms with Crippen LogP contribution in [0.1, 0.15) is 31.2 Å². The highest BCUT2D eigenvalue weighted by Gasteiger charge is 2.32. The van der Waals surface area contributed by atoms with Crippen LogP contribution in [0.5, 0.6) is 0 Å². The van der Waals surface area contributed by atoms with E-state index in [1.54, 1.807) is 0 Å². The molecule has 1 saturated heterocycles. The van der Waals surface area contributed by atoms with Crippen molar-refractivity contribution in [1.82, 2.24) is 4.90 Å². The van der Waals surface area contributed by atoms with Crippen molar-refractivity contribution < 1.29 is 9.53 Å². The average molecular weight is 273 g/mol. The molecule has 1 atom stereocenters. The van der Waals surface area contributed by atoms with Crippen LogP contribution in [-0.2, 0) is 16.0 Å². The molecule has 1 aromatic rings. The maximum Gasteiger partial charge on any atom is 0.225 e. The first-order valence-electron chi connectivity index (χ1n) is 7.77. The van der Waals surface area contributed by atoms with Gasteiger partial charge in [-0.2, -0.15) is 0 Å². The van der Waals surface area contributed by atoms with Gasteiger partial charge in [-0.15, -0.1) is 0 Å². The van der Waals surface area contributed by atoms with Gasteiger partial charge in [-0.25, -0.2) is 0 Å². The van der Waals surface area contributed by atoms with Crippen molar-refractivity contribution in [3.63, 3.8) is 0 Å². The Bertz CT molecular complexity index is 442. The Kier molecular flexibility index (Phi) is 4.36. The van der Waals surface area contributed by atoms with Crippen molar-refractivity contribution in [2.24, 2.45) is 5.92 Å². The summed E-state index contributed by atoms with van der Waals surface area (Å²) < 4.78 is 5.82. The van der Waals surface area contributed by atoms with Crippen molar-refractivity contribution in [3.8, 4) is 0 Å². The van der Waals surface area contributed by atoms with E-state index in [4.69, 9.17) is 4.74 Å². The Balaban J connectivity index is 1.49. The second kappa shape index (κ2) is 6.40. The number of carbonyl (C=O) groups is 1. The van der Waals surface area contributed by atoms with Crippen LogP contribution >= 0.6 is 0 Å². The van der Waals surface area contributed by atoms with Crippen LogP contribution in [0.25, 0.3) is 0 Å². The number of nitrogens with zero attached hydrogens (tertiary/aromatic N) is 1. The number of rotatable bonds is 4. The van der Waals surface area contributed by atoms with Crippen LogP contribution in [-0.4, -0.2) is 36.6 Å². The SMILES string of the molecule is O=C(C1CCC1)N1CCOC(CCc2ccccc2)C1. The molecule has 1 aliphatic heterocycles. The average Bonchev–Trinajstić information content (AvgIpc) is 2.45. The first-order chi connectivity index (χ1) is 9.83. The Hall–Kier alpha value is -1.35. The van der Waals surface area contributed by atoms with Gasteiger partial charge in [0, 0.05) is 19.0 Å². The normalized spacial score (nSPS) is 23.4. The molecule has 0 aromatic heterocycles. The molecule has 3 rings (SSSR count). The lowest BCUT2D eigenvalue weighted by atomic mass is 9.84. The van der Waals surface area contributed by atoms with Gasteiger partial charge in [0.2, 0.25) is 5.91 Å². The molecule has 0 radical (unpaired) electrons. The van der Waals surface area contributed by atoms with E-state index in [2.05, 4.69) is 24.3 Å². The maximum absolute atomic E-state index is 12.3. The molecule has 20 heavy (non-hydrogen) atoms. The third-order valence-electron chi connectivity index (χ3n) is 4.50. The highest BCUT2D eigenvalue weighted by Crippen LogP contribution is 2.29. The van der Waals surface area contributed by atoms with Gasteiger partial charge in [0.05, 0.1) is 12.7 Å². The Morgan fingerprint density at radius 1 is 1.25 bits per heavy atom. The number of carbonyl (C=O) groups excluding carboxylic acids is 1. The molecule has 1 heterocycles. The van der Waals surface area contributed by atoms with Gasteiger partial charge < -0.3 is 9.64 Å². The number of ether oxygens (including phenoxy) is 1. The van der Waals surface area contributed by atoms with Crippen LogP contribution in [0.4, 0.5) is 0 Å². The predicted octanol–water partition coefficient (Wildman–Crippen LogP) is 2.65. The summed E-state index contributed by atoms with van der Waals surface area (Å²) in [4.78, 5) is 14.3. The minimum absolute atomic E-state index is 0.202. The Morgan fingerprint density at radius 3 is 2.75 bits per heavy atom. The molecule has 2 aliphatic rings. The van der Waals surface area contributed by atoms with Crippen molar-refractivity contribution in [2.45, 2.75) is 38.2 Å². The number of morpholine rings is 1. The predicted molar refractivity (Wildman–Crippen MR) is 78.4 cm³/mol. The molecule has 2 fully saturated rings. The van der Waals surface area contributed by atoms with E-state index in [1.807, 2.05) is 11.0 Å². The van der Waals surface area contributed by atoms with Crippen molar-refractivity contribution in [3.05, 3.63) is 35.9 Å². The molecular formula is C17H23NO2. The molecule has 1 saturated carbocycles. The second-order valence-corrected chi connectivity index (χ2v) is 5.93. The summed E-state index contributed by atoms with van der Waals surface area (Å²) in [5, 5.41) is 0. The number of hydrogen-bond acceptors (Lipinski definition) is 2. The first-order valence-corrected chi connectivity index (χ1v) is 7.77. The minimum Gasteiger partial charge on any atom is -0.375 e. The van der Waals surface area contributed by atoms with E-state index in [0.717, 1.165) is 38.8 Å². The topological polar surface area (TPSA) is 29.5 Å². The quantitative estimate of drug-likeness (QED) is 0.844. The molecule has 108 valence electrons. The zero-order valence-corrected chi connectivity index (χ0v) is 12.0. The molecule has 1 unspecified atom stereocenters. The molecule has 3 nitrogen and oxygen atoms in total. The molecule has 3 heteroatoms. The third kappa shape index (κ3) is 3.21. The van der Waals surface area contributed by atoms with Gasteiger partial charge in [-0.3, -0.25) is 4.79 Å². The summed E-state index contributed by atoms with van der Waals surface area (Å²) in [5.41, 5.74) is 1.35. The van der Waals surface area contributed by atoms with Gasteiger partial charge >= 0.3 is 0 Å². The smallest absolute Gasteiger partial charge is 0.225 e.